The molecule has 2 aliphatic heterocycles. The average molecular weight is 442 g/mol. The summed E-state index contributed by atoms with van der Waals surface area (Å²) in [5, 5.41) is 11.1. The van der Waals surface area contributed by atoms with Gasteiger partial charge < -0.3 is 24.1 Å². The highest BCUT2D eigenvalue weighted by atomic mass is 31.1. The Hall–Kier alpha value is -2.18. The van der Waals surface area contributed by atoms with E-state index in [2.05, 4.69) is 0 Å². The fourth-order valence-electron chi connectivity index (χ4n) is 3.47. The van der Waals surface area contributed by atoms with Crippen molar-refractivity contribution in [1.82, 2.24) is 0 Å². The summed E-state index contributed by atoms with van der Waals surface area (Å²) in [4.78, 5) is 0. The zero-order valence-corrected chi connectivity index (χ0v) is 17.9. The van der Waals surface area contributed by atoms with Crippen LogP contribution < -0.4 is 24.3 Å². The van der Waals surface area contributed by atoms with Gasteiger partial charge in [0.15, 0.2) is 28.6 Å². The molecule has 0 aromatic heterocycles. The molecule has 0 saturated carbocycles. The van der Waals surface area contributed by atoms with Gasteiger partial charge in [-0.1, -0.05) is 38.9 Å². The molecule has 0 aliphatic carbocycles. The van der Waals surface area contributed by atoms with E-state index < -0.39 is 38.1 Å². The van der Waals surface area contributed by atoms with Crippen molar-refractivity contribution in [1.29, 1.82) is 0 Å². The van der Waals surface area contributed by atoms with Crippen LogP contribution in [0.1, 0.15) is 33.3 Å². The highest BCUT2D eigenvalue weighted by Crippen LogP contribution is 2.53. The minimum atomic E-state index is -4.87. The summed E-state index contributed by atoms with van der Waals surface area (Å²) in [6, 6.07) is 8.68. The third kappa shape index (κ3) is 3.56. The van der Waals surface area contributed by atoms with E-state index in [0.29, 0.717) is 28.3 Å². The van der Waals surface area contributed by atoms with Crippen molar-refractivity contribution < 1.29 is 37.2 Å². The Balaban J connectivity index is 1.75. The van der Waals surface area contributed by atoms with Crippen molar-refractivity contribution in [3.05, 3.63) is 42.0 Å². The number of alkyl halides is 3. The minimum Gasteiger partial charge on any atom is -0.449 e. The number of ether oxygens (including phenoxy) is 4. The molecule has 0 saturated heterocycles. The first-order valence-electron chi connectivity index (χ1n) is 9.37. The van der Waals surface area contributed by atoms with Gasteiger partial charge in [-0.15, -0.1) is 0 Å². The largest absolute Gasteiger partial charge is 0.449 e. The molecule has 2 atom stereocenters. The maximum atomic E-state index is 13.9. The topological polar surface area (TPSA) is 57.2 Å². The van der Waals surface area contributed by atoms with Crippen LogP contribution in [0.3, 0.4) is 0 Å². The zero-order valence-electron chi connectivity index (χ0n) is 16.9. The van der Waals surface area contributed by atoms with Crippen molar-refractivity contribution >= 4 is 13.9 Å². The Bertz CT molecular complexity index is 933. The van der Waals surface area contributed by atoms with Gasteiger partial charge in [-0.3, -0.25) is 0 Å². The molecule has 2 aromatic carbocycles. The molecule has 0 radical (unpaired) electrons. The normalized spacial score (nSPS) is 20.5. The zero-order chi connectivity index (χ0) is 21.9. The molecular weight excluding hydrogens is 420 g/mol. The average Bonchev–Trinajstić information content (AvgIpc) is 3.10. The molecule has 2 heterocycles. The summed E-state index contributed by atoms with van der Waals surface area (Å²) in [5.74, 6) is -0.583. The summed E-state index contributed by atoms with van der Waals surface area (Å²) >= 11 is 0. The van der Waals surface area contributed by atoms with E-state index >= 15 is 0 Å². The second-order valence-corrected chi connectivity index (χ2v) is 9.40. The van der Waals surface area contributed by atoms with Crippen molar-refractivity contribution in [2.45, 2.75) is 51.0 Å². The molecular formula is C21H22F3O5P. The molecule has 30 heavy (non-hydrogen) atoms. The molecule has 2 aromatic rings. The van der Waals surface area contributed by atoms with Gasteiger partial charge in [-0.05, 0) is 5.56 Å². The Kier molecular flexibility index (Phi) is 4.68. The standard InChI is InChI=1S/C21H22F3O5P/c1-18(2)26-13-10-14-16(29-19(3,4)27-14)17(15(13)28-18)30-11-20(25,21(22,23)24)12-8-6-5-7-9-12/h5-10,25,30H,11H2,1-4H3. The predicted octanol–water partition coefficient (Wildman–Crippen LogP) is 4.46. The Morgan fingerprint density at radius 3 is 1.83 bits per heavy atom. The van der Waals surface area contributed by atoms with Gasteiger partial charge in [0.2, 0.25) is 11.6 Å². The maximum absolute atomic E-state index is 13.9. The van der Waals surface area contributed by atoms with E-state index in [1.54, 1.807) is 39.8 Å². The molecule has 162 valence electrons. The first-order chi connectivity index (χ1) is 13.8. The lowest BCUT2D eigenvalue weighted by Crippen LogP contribution is -2.44. The smallest absolute Gasteiger partial charge is 0.421 e. The predicted molar refractivity (Wildman–Crippen MR) is 106 cm³/mol. The summed E-state index contributed by atoms with van der Waals surface area (Å²) in [6.45, 7) is 6.80. The molecule has 0 spiro atoms. The van der Waals surface area contributed by atoms with E-state index in [-0.39, 0.29) is 5.56 Å². The van der Waals surface area contributed by atoms with Gasteiger partial charge in [0.05, 0.1) is 5.30 Å². The molecule has 0 bridgehead atoms. The number of fused-ring (bicyclic) bond motifs is 2. The highest BCUT2D eigenvalue weighted by Gasteiger charge is 2.55. The quantitative estimate of drug-likeness (QED) is 0.709. The molecule has 2 aliphatic rings. The van der Waals surface area contributed by atoms with Crippen LogP contribution in [0, 0.1) is 0 Å². The van der Waals surface area contributed by atoms with Crippen molar-refractivity contribution in [3.8, 4) is 23.0 Å². The van der Waals surface area contributed by atoms with E-state index in [1.807, 2.05) is 0 Å². The van der Waals surface area contributed by atoms with E-state index in [1.165, 1.54) is 24.3 Å². The molecule has 4 rings (SSSR count). The monoisotopic (exact) mass is 442 g/mol. The number of hydrogen-bond donors (Lipinski definition) is 1. The summed E-state index contributed by atoms with van der Waals surface area (Å²) in [6.07, 6.45) is -5.47. The van der Waals surface area contributed by atoms with Gasteiger partial charge >= 0.3 is 6.18 Å². The van der Waals surface area contributed by atoms with Gasteiger partial charge in [0.25, 0.3) is 0 Å². The van der Waals surface area contributed by atoms with Crippen LogP contribution in [-0.4, -0.2) is 29.0 Å². The van der Waals surface area contributed by atoms with Crippen LogP contribution in [0.2, 0.25) is 0 Å². The lowest BCUT2D eigenvalue weighted by atomic mass is 9.95. The summed E-state index contributed by atoms with van der Waals surface area (Å²) < 4.78 is 65.1. The molecule has 9 heteroatoms. The van der Waals surface area contributed by atoms with Crippen molar-refractivity contribution in [2.24, 2.45) is 0 Å². The minimum absolute atomic E-state index is 0.218. The fourth-order valence-corrected chi connectivity index (χ4v) is 4.98. The van der Waals surface area contributed by atoms with Crippen LogP contribution in [-0.2, 0) is 5.60 Å². The number of aliphatic hydroxyl groups is 1. The SMILES string of the molecule is CC1(C)Oc2cc3c(c(PCC(O)(c4ccccc4)C(F)(F)F)c2O1)OC(C)(C)O3. The first-order valence-corrected chi connectivity index (χ1v) is 10.6. The molecule has 1 N–H and O–H groups in total. The lowest BCUT2D eigenvalue weighted by molar-refractivity contribution is -0.256. The number of benzene rings is 2. The van der Waals surface area contributed by atoms with E-state index in [0.717, 1.165) is 0 Å². The van der Waals surface area contributed by atoms with Crippen LogP contribution in [0.5, 0.6) is 23.0 Å². The summed E-state index contributed by atoms with van der Waals surface area (Å²) in [7, 11) is -0.489. The Morgan fingerprint density at radius 1 is 0.867 bits per heavy atom. The lowest BCUT2D eigenvalue weighted by Gasteiger charge is -2.31. The van der Waals surface area contributed by atoms with Crippen LogP contribution >= 0.6 is 8.58 Å². The molecule has 5 nitrogen and oxygen atoms in total. The van der Waals surface area contributed by atoms with Gasteiger partial charge in [0.1, 0.15) is 0 Å². The Labute approximate surface area is 173 Å². The number of rotatable bonds is 4. The van der Waals surface area contributed by atoms with Gasteiger partial charge in [-0.2, -0.15) is 13.2 Å². The van der Waals surface area contributed by atoms with Gasteiger partial charge in [-0.25, -0.2) is 0 Å². The van der Waals surface area contributed by atoms with Crippen molar-refractivity contribution in [3.63, 3.8) is 0 Å². The van der Waals surface area contributed by atoms with Crippen LogP contribution in [0.15, 0.2) is 36.4 Å². The second-order valence-electron chi connectivity index (χ2n) is 8.19. The van der Waals surface area contributed by atoms with Crippen molar-refractivity contribution in [2.75, 3.05) is 6.16 Å². The van der Waals surface area contributed by atoms with Crippen LogP contribution in [0.25, 0.3) is 0 Å². The fraction of sp³-hybridized carbons (Fsp3) is 0.429. The summed E-state index contributed by atoms with van der Waals surface area (Å²) in [5.41, 5.74) is -3.24. The third-order valence-electron chi connectivity index (χ3n) is 4.81. The van der Waals surface area contributed by atoms with Crippen LogP contribution in [0.4, 0.5) is 13.2 Å². The number of hydrogen-bond acceptors (Lipinski definition) is 5. The van der Waals surface area contributed by atoms with E-state index in [4.69, 9.17) is 18.9 Å². The number of halogens is 3. The van der Waals surface area contributed by atoms with Gasteiger partial charge in [0, 0.05) is 39.9 Å². The molecule has 2 unspecified atom stereocenters. The molecule has 0 amide bonds. The second kappa shape index (κ2) is 6.66. The van der Waals surface area contributed by atoms with E-state index in [9.17, 15) is 18.3 Å². The maximum Gasteiger partial charge on any atom is 0.421 e. The third-order valence-corrected chi connectivity index (χ3v) is 6.31. The Morgan fingerprint density at radius 2 is 1.37 bits per heavy atom. The first kappa shape index (κ1) is 21.1. The molecule has 0 fully saturated rings. The highest BCUT2D eigenvalue weighted by molar-refractivity contribution is 7.48.